The highest BCUT2D eigenvalue weighted by Crippen LogP contribution is 2.40. The Bertz CT molecular complexity index is 1410. The van der Waals surface area contributed by atoms with Gasteiger partial charge < -0.3 is 14.6 Å². The van der Waals surface area contributed by atoms with Crippen molar-refractivity contribution >= 4 is 35.0 Å². The standard InChI is InChI=1S/C26H19N3O2S/c1-16-9-11-18(12-10-16)22-13-14-23(31-22)24-28-25(30)20(15-27)26(32)29(24)21-8-4-6-17-5-2-3-7-19(17)21/h2-14,24,32H,1H3,(H,28,30). The molecule has 0 saturated carbocycles. The van der Waals surface area contributed by atoms with Crippen molar-refractivity contribution < 1.29 is 9.21 Å². The van der Waals surface area contributed by atoms with Gasteiger partial charge >= 0.3 is 0 Å². The second kappa shape index (κ2) is 7.95. The number of anilines is 1. The lowest BCUT2D eigenvalue weighted by atomic mass is 10.1. The van der Waals surface area contributed by atoms with E-state index in [4.69, 9.17) is 4.42 Å². The Morgan fingerprint density at radius 1 is 1.00 bits per heavy atom. The number of nitrogens with zero attached hydrogens (tertiary/aromatic N) is 2. The van der Waals surface area contributed by atoms with Crippen molar-refractivity contribution in [3.63, 3.8) is 0 Å². The van der Waals surface area contributed by atoms with E-state index in [0.29, 0.717) is 11.5 Å². The summed E-state index contributed by atoms with van der Waals surface area (Å²) < 4.78 is 6.18. The maximum atomic E-state index is 12.7. The molecule has 1 N–H and O–H groups in total. The highest BCUT2D eigenvalue weighted by atomic mass is 32.1. The molecule has 1 aliphatic heterocycles. The van der Waals surface area contributed by atoms with Crippen molar-refractivity contribution in [2.75, 3.05) is 4.90 Å². The summed E-state index contributed by atoms with van der Waals surface area (Å²) in [4.78, 5) is 14.5. The molecule has 0 saturated heterocycles. The summed E-state index contributed by atoms with van der Waals surface area (Å²) in [7, 11) is 0. The molecule has 0 aliphatic carbocycles. The molecular formula is C26H19N3O2S. The van der Waals surface area contributed by atoms with Gasteiger partial charge in [0.25, 0.3) is 5.91 Å². The van der Waals surface area contributed by atoms with Crippen LogP contribution in [-0.4, -0.2) is 5.91 Å². The van der Waals surface area contributed by atoms with Gasteiger partial charge in [0, 0.05) is 10.9 Å². The number of aryl methyl sites for hydroxylation is 1. The number of fused-ring (bicyclic) bond motifs is 1. The number of rotatable bonds is 3. The van der Waals surface area contributed by atoms with Crippen LogP contribution in [-0.2, 0) is 4.79 Å². The van der Waals surface area contributed by atoms with E-state index in [1.165, 1.54) is 0 Å². The number of hydrogen-bond donors (Lipinski definition) is 2. The van der Waals surface area contributed by atoms with Crippen LogP contribution in [0.25, 0.3) is 22.1 Å². The fraction of sp³-hybridized carbons (Fsp3) is 0.0769. The molecule has 0 radical (unpaired) electrons. The number of carbonyl (C=O) groups excluding carboxylic acids is 1. The van der Waals surface area contributed by atoms with Crippen LogP contribution < -0.4 is 10.2 Å². The van der Waals surface area contributed by atoms with E-state index in [2.05, 4.69) is 17.9 Å². The van der Waals surface area contributed by atoms with Crippen molar-refractivity contribution in [2.24, 2.45) is 0 Å². The van der Waals surface area contributed by atoms with Gasteiger partial charge in [-0.15, -0.1) is 12.6 Å². The number of nitriles is 1. The van der Waals surface area contributed by atoms with Gasteiger partial charge in [-0.25, -0.2) is 0 Å². The van der Waals surface area contributed by atoms with Crippen molar-refractivity contribution in [3.8, 4) is 17.4 Å². The van der Waals surface area contributed by atoms with Crippen molar-refractivity contribution in [2.45, 2.75) is 13.1 Å². The normalized spacial score (nSPS) is 16.2. The Kier molecular flexibility index (Phi) is 4.96. The summed E-state index contributed by atoms with van der Waals surface area (Å²) >= 11 is 4.61. The molecule has 0 fully saturated rings. The largest absolute Gasteiger partial charge is 0.457 e. The first kappa shape index (κ1) is 20.0. The predicted molar refractivity (Wildman–Crippen MR) is 128 cm³/mol. The zero-order valence-corrected chi connectivity index (χ0v) is 18.1. The summed E-state index contributed by atoms with van der Waals surface area (Å²) in [5.41, 5.74) is 2.89. The number of thiol groups is 1. The summed E-state index contributed by atoms with van der Waals surface area (Å²) in [5.74, 6) is 0.764. The molecule has 4 aromatic rings. The van der Waals surface area contributed by atoms with Crippen LogP contribution in [0.15, 0.2) is 93.9 Å². The Morgan fingerprint density at radius 2 is 1.75 bits per heavy atom. The average Bonchev–Trinajstić information content (AvgIpc) is 3.29. The fourth-order valence-electron chi connectivity index (χ4n) is 3.95. The van der Waals surface area contributed by atoms with E-state index in [9.17, 15) is 10.1 Å². The minimum atomic E-state index is -0.655. The molecule has 6 heteroatoms. The second-order valence-corrected chi connectivity index (χ2v) is 8.05. The molecule has 1 atom stereocenters. The Balaban J connectivity index is 1.66. The van der Waals surface area contributed by atoms with E-state index in [1.54, 1.807) is 0 Å². The maximum Gasteiger partial charge on any atom is 0.266 e. The first-order valence-corrected chi connectivity index (χ1v) is 10.6. The summed E-state index contributed by atoms with van der Waals surface area (Å²) in [6, 6.07) is 27.6. The lowest BCUT2D eigenvalue weighted by Crippen LogP contribution is -2.46. The van der Waals surface area contributed by atoms with Crippen LogP contribution in [0, 0.1) is 18.3 Å². The lowest BCUT2D eigenvalue weighted by molar-refractivity contribution is -0.118. The molecule has 1 unspecified atom stereocenters. The third kappa shape index (κ3) is 3.33. The van der Waals surface area contributed by atoms with Crippen LogP contribution in [0.4, 0.5) is 5.69 Å². The Hall–Kier alpha value is -3.95. The minimum absolute atomic E-state index is 0.0390. The Labute approximate surface area is 191 Å². The van der Waals surface area contributed by atoms with E-state index in [0.717, 1.165) is 27.6 Å². The summed E-state index contributed by atoms with van der Waals surface area (Å²) in [6.07, 6.45) is -0.655. The van der Waals surface area contributed by atoms with Gasteiger partial charge in [0.05, 0.1) is 10.7 Å². The van der Waals surface area contributed by atoms with Crippen LogP contribution in [0.5, 0.6) is 0 Å². The average molecular weight is 438 g/mol. The van der Waals surface area contributed by atoms with E-state index in [-0.39, 0.29) is 10.6 Å². The molecule has 156 valence electrons. The van der Waals surface area contributed by atoms with E-state index >= 15 is 0 Å². The zero-order valence-electron chi connectivity index (χ0n) is 17.2. The van der Waals surface area contributed by atoms with Crippen LogP contribution in [0.2, 0.25) is 0 Å². The summed E-state index contributed by atoms with van der Waals surface area (Å²) in [6.45, 7) is 2.03. The highest BCUT2D eigenvalue weighted by molar-refractivity contribution is 7.84. The van der Waals surface area contributed by atoms with Gasteiger partial charge in [0.1, 0.15) is 23.2 Å². The highest BCUT2D eigenvalue weighted by Gasteiger charge is 2.36. The SMILES string of the molecule is Cc1ccc(-c2ccc(C3NC(=O)C(C#N)=C(S)N3c3cccc4ccccc34)o2)cc1. The number of benzene rings is 3. The van der Waals surface area contributed by atoms with Gasteiger partial charge in [0.2, 0.25) is 0 Å². The number of nitrogens with one attached hydrogen (secondary N) is 1. The molecule has 2 heterocycles. The van der Waals surface area contributed by atoms with Gasteiger partial charge in [-0.1, -0.05) is 66.2 Å². The van der Waals surface area contributed by atoms with Gasteiger partial charge in [0.15, 0.2) is 6.17 Å². The monoisotopic (exact) mass is 437 g/mol. The van der Waals surface area contributed by atoms with E-state index in [1.807, 2.05) is 96.8 Å². The molecule has 1 aromatic heterocycles. The topological polar surface area (TPSA) is 69.3 Å². The first-order chi connectivity index (χ1) is 15.6. The minimum Gasteiger partial charge on any atom is -0.457 e. The van der Waals surface area contributed by atoms with Crippen LogP contribution in [0.1, 0.15) is 17.5 Å². The zero-order chi connectivity index (χ0) is 22.2. The quantitative estimate of drug-likeness (QED) is 0.403. The molecule has 5 nitrogen and oxygen atoms in total. The van der Waals surface area contributed by atoms with Crippen molar-refractivity contribution in [3.05, 3.63) is 101 Å². The van der Waals surface area contributed by atoms with Crippen molar-refractivity contribution in [1.29, 1.82) is 5.26 Å². The maximum absolute atomic E-state index is 12.7. The third-order valence-electron chi connectivity index (χ3n) is 5.58. The molecule has 3 aromatic carbocycles. The lowest BCUT2D eigenvalue weighted by Gasteiger charge is -2.37. The molecular weight excluding hydrogens is 418 g/mol. The smallest absolute Gasteiger partial charge is 0.266 e. The van der Waals surface area contributed by atoms with Gasteiger partial charge in [-0.3, -0.25) is 4.79 Å². The third-order valence-corrected chi connectivity index (χ3v) is 6.01. The Morgan fingerprint density at radius 3 is 2.53 bits per heavy atom. The second-order valence-electron chi connectivity index (χ2n) is 7.62. The van der Waals surface area contributed by atoms with Crippen LogP contribution >= 0.6 is 12.6 Å². The molecule has 1 amide bonds. The number of amides is 1. The fourth-order valence-corrected chi connectivity index (χ4v) is 4.32. The van der Waals surface area contributed by atoms with Crippen LogP contribution in [0.3, 0.4) is 0 Å². The number of hydrogen-bond acceptors (Lipinski definition) is 5. The molecule has 5 rings (SSSR count). The van der Waals surface area contributed by atoms with Crippen molar-refractivity contribution in [1.82, 2.24) is 5.32 Å². The summed E-state index contributed by atoms with van der Waals surface area (Å²) in [5, 5.41) is 14.8. The van der Waals surface area contributed by atoms with E-state index < -0.39 is 12.1 Å². The first-order valence-electron chi connectivity index (χ1n) is 10.1. The molecule has 1 aliphatic rings. The number of furan rings is 1. The molecule has 0 spiro atoms. The van der Waals surface area contributed by atoms with Gasteiger partial charge in [-0.2, -0.15) is 5.26 Å². The van der Waals surface area contributed by atoms with Gasteiger partial charge in [-0.05, 0) is 30.5 Å². The predicted octanol–water partition coefficient (Wildman–Crippen LogP) is 5.71. The molecule has 0 bridgehead atoms. The molecule has 32 heavy (non-hydrogen) atoms. The number of carbonyl (C=O) groups is 1.